The first kappa shape index (κ1) is 37.3. The molecule has 11 heteroatoms. The zero-order valence-corrected chi connectivity index (χ0v) is 32.3. The molecule has 4 aliphatic heterocycles. The molecule has 56 heavy (non-hydrogen) atoms. The van der Waals surface area contributed by atoms with Crippen molar-refractivity contribution in [3.05, 3.63) is 82.6 Å². The van der Waals surface area contributed by atoms with Crippen molar-refractivity contribution in [1.82, 2.24) is 15.1 Å². The third-order valence-electron chi connectivity index (χ3n) is 14.3. The van der Waals surface area contributed by atoms with E-state index in [1.54, 1.807) is 17.1 Å². The Balaban J connectivity index is 0.777. The molecule has 2 N–H and O–H groups in total. The molecule has 9 rings (SSSR count). The van der Waals surface area contributed by atoms with E-state index in [9.17, 15) is 19.5 Å². The van der Waals surface area contributed by atoms with Crippen LogP contribution in [0.25, 0.3) is 0 Å². The maximum absolute atomic E-state index is 15.6. The van der Waals surface area contributed by atoms with Crippen LogP contribution >= 0.6 is 0 Å². The van der Waals surface area contributed by atoms with Gasteiger partial charge in [0.15, 0.2) is 0 Å². The Kier molecular flexibility index (Phi) is 10.2. The van der Waals surface area contributed by atoms with E-state index in [2.05, 4.69) is 50.3 Å². The van der Waals surface area contributed by atoms with Crippen LogP contribution < -0.4 is 15.1 Å². The average Bonchev–Trinajstić information content (AvgIpc) is 3.83. The number of rotatable bonds is 8. The van der Waals surface area contributed by atoms with Crippen molar-refractivity contribution < 1.29 is 28.3 Å². The lowest BCUT2D eigenvalue weighted by Gasteiger charge is -2.45. The topological polar surface area (TPSA) is 96.4 Å². The number of halogens is 2. The number of carbonyl (C=O) groups is 3. The molecule has 0 bridgehead atoms. The number of carbonyl (C=O) groups excluding carboxylic acids is 3. The zero-order chi connectivity index (χ0) is 38.6. The monoisotopic (exact) mass is 767 g/mol. The molecule has 298 valence electrons. The number of imide groups is 1. The quantitative estimate of drug-likeness (QED) is 0.275. The van der Waals surface area contributed by atoms with Gasteiger partial charge in [-0.05, 0) is 91.0 Å². The van der Waals surface area contributed by atoms with E-state index in [1.807, 2.05) is 12.1 Å². The van der Waals surface area contributed by atoms with E-state index in [4.69, 9.17) is 0 Å². The second kappa shape index (κ2) is 15.3. The summed E-state index contributed by atoms with van der Waals surface area (Å²) in [5.41, 5.74) is 5.84. The number of allylic oxidation sites excluding steroid dienone is 4. The van der Waals surface area contributed by atoms with Crippen molar-refractivity contribution in [1.29, 1.82) is 0 Å². The fourth-order valence-corrected chi connectivity index (χ4v) is 11.2. The molecule has 0 aromatic heterocycles. The van der Waals surface area contributed by atoms with E-state index < -0.39 is 17.9 Å². The number of aliphatic hydroxyl groups is 1. The molecular formula is C45H55F2N5O4. The lowest BCUT2D eigenvalue weighted by Crippen LogP contribution is -2.52. The number of nitrogens with one attached hydrogen (secondary N) is 1. The van der Waals surface area contributed by atoms with Gasteiger partial charge in [-0.1, -0.05) is 49.5 Å². The third kappa shape index (κ3) is 7.36. The Hall–Kier alpha value is -4.25. The number of aliphatic hydroxyl groups excluding tert-OH is 1. The SMILES string of the molecule is O=C1CC[C@H](N2Cc3cc(N4CCN(CC5CCN(c6ccc([C@@H]7C8=CC=C(O)CC8C(F)(F)C[C@@H]7CC7CCCC7)cc6)CC5)CC4)ccc3C2=O)C(=O)N1. The summed E-state index contributed by atoms with van der Waals surface area (Å²) in [5.74, 6) is -3.42. The molecular weight excluding hydrogens is 713 g/mol. The molecule has 2 aromatic carbocycles. The number of fused-ring (bicyclic) bond motifs is 2. The van der Waals surface area contributed by atoms with Crippen LogP contribution in [0.4, 0.5) is 20.2 Å². The zero-order valence-electron chi connectivity index (χ0n) is 32.3. The van der Waals surface area contributed by atoms with Crippen LogP contribution in [0.5, 0.6) is 0 Å². The standard InChI is InChI=1S/C45H55F2N5O4/c46-45(47)26-32(23-29-3-1-2-4-29)42(38-12-10-36(53)25-39(38)45)31-5-7-34(8-6-31)50-17-15-30(16-18-50)27-49-19-21-51(22-20-49)35-9-11-37-33(24-35)28-52(44(37)56)40-13-14-41(54)48-43(40)55/h5-12,24,29-30,32,39-40,42,53H,1-4,13-23,25-28H2,(H,48,54,55)/t32-,39?,40-,42-/m0/s1. The predicted octanol–water partition coefficient (Wildman–Crippen LogP) is 7.19. The van der Waals surface area contributed by atoms with Gasteiger partial charge in [-0.15, -0.1) is 0 Å². The number of anilines is 2. The first-order valence-corrected chi connectivity index (χ1v) is 21.2. The molecule has 3 amide bonds. The first-order valence-electron chi connectivity index (χ1n) is 21.2. The van der Waals surface area contributed by atoms with E-state index in [-0.39, 0.29) is 54.6 Å². The van der Waals surface area contributed by atoms with Gasteiger partial charge < -0.3 is 19.8 Å². The van der Waals surface area contributed by atoms with E-state index in [1.165, 1.54) is 18.5 Å². The van der Waals surface area contributed by atoms with Crippen molar-refractivity contribution in [3.8, 4) is 0 Å². The molecule has 1 unspecified atom stereocenters. The largest absolute Gasteiger partial charge is 0.512 e. The van der Waals surface area contributed by atoms with Gasteiger partial charge >= 0.3 is 0 Å². The number of nitrogens with zero attached hydrogens (tertiary/aromatic N) is 4. The summed E-state index contributed by atoms with van der Waals surface area (Å²) in [7, 11) is 0. The Labute approximate surface area is 328 Å². The maximum atomic E-state index is 15.6. The number of piperazine rings is 1. The third-order valence-corrected chi connectivity index (χ3v) is 14.3. The summed E-state index contributed by atoms with van der Waals surface area (Å²) in [5, 5.41) is 12.6. The van der Waals surface area contributed by atoms with E-state index in [0.29, 0.717) is 30.4 Å². The second-order valence-electron chi connectivity index (χ2n) is 17.7. The summed E-state index contributed by atoms with van der Waals surface area (Å²) < 4.78 is 31.2. The highest BCUT2D eigenvalue weighted by Gasteiger charge is 2.53. The fourth-order valence-electron chi connectivity index (χ4n) is 11.2. The minimum absolute atomic E-state index is 0.0284. The van der Waals surface area contributed by atoms with Crippen molar-refractivity contribution in [2.75, 3.05) is 55.6 Å². The fraction of sp³-hybridized carbons (Fsp3) is 0.578. The van der Waals surface area contributed by atoms with E-state index in [0.717, 1.165) is 100 Å². The van der Waals surface area contributed by atoms with Gasteiger partial charge in [-0.3, -0.25) is 24.6 Å². The highest BCUT2D eigenvalue weighted by molar-refractivity contribution is 6.05. The van der Waals surface area contributed by atoms with E-state index >= 15 is 8.78 Å². The normalized spacial score (nSPS) is 28.9. The van der Waals surface area contributed by atoms with Crippen molar-refractivity contribution in [3.63, 3.8) is 0 Å². The molecule has 2 aromatic rings. The lowest BCUT2D eigenvalue weighted by molar-refractivity contribution is -0.136. The minimum Gasteiger partial charge on any atom is -0.512 e. The van der Waals surface area contributed by atoms with Crippen LogP contribution in [0.15, 0.2) is 65.9 Å². The van der Waals surface area contributed by atoms with Gasteiger partial charge in [0, 0.05) is 94.5 Å². The Morgan fingerprint density at radius 2 is 1.52 bits per heavy atom. The molecule has 5 fully saturated rings. The average molecular weight is 768 g/mol. The summed E-state index contributed by atoms with van der Waals surface area (Å²) in [4.78, 5) is 46.3. The minimum atomic E-state index is -2.80. The van der Waals surface area contributed by atoms with Crippen LogP contribution in [-0.4, -0.2) is 90.4 Å². The number of amides is 3. The maximum Gasteiger partial charge on any atom is 0.255 e. The predicted molar refractivity (Wildman–Crippen MR) is 212 cm³/mol. The van der Waals surface area contributed by atoms with Crippen LogP contribution in [0.2, 0.25) is 0 Å². The molecule has 3 aliphatic carbocycles. The van der Waals surface area contributed by atoms with Gasteiger partial charge in [0.25, 0.3) is 11.8 Å². The van der Waals surface area contributed by atoms with Gasteiger partial charge in [-0.2, -0.15) is 0 Å². The van der Waals surface area contributed by atoms with Crippen LogP contribution in [0.3, 0.4) is 0 Å². The first-order chi connectivity index (χ1) is 27.1. The van der Waals surface area contributed by atoms with Crippen LogP contribution in [0.1, 0.15) is 98.0 Å². The van der Waals surface area contributed by atoms with Crippen LogP contribution in [-0.2, 0) is 16.1 Å². The van der Waals surface area contributed by atoms with Gasteiger partial charge in [0.2, 0.25) is 11.8 Å². The smallest absolute Gasteiger partial charge is 0.255 e. The molecule has 0 radical (unpaired) electrons. The molecule has 2 saturated carbocycles. The lowest BCUT2D eigenvalue weighted by atomic mass is 9.62. The molecule has 9 nitrogen and oxygen atoms in total. The molecule has 4 heterocycles. The molecule has 3 saturated heterocycles. The van der Waals surface area contributed by atoms with Crippen molar-refractivity contribution >= 4 is 29.1 Å². The number of piperidine rings is 2. The van der Waals surface area contributed by atoms with Gasteiger partial charge in [0.05, 0.1) is 11.7 Å². The Morgan fingerprint density at radius 3 is 2.25 bits per heavy atom. The number of hydrogen-bond acceptors (Lipinski definition) is 7. The summed E-state index contributed by atoms with van der Waals surface area (Å²) in [6.45, 7) is 7.31. The molecule has 0 spiro atoms. The Bertz CT molecular complexity index is 1890. The number of hydrogen-bond donors (Lipinski definition) is 2. The second-order valence-corrected chi connectivity index (χ2v) is 17.7. The molecule has 7 aliphatic rings. The molecule has 4 atom stereocenters. The van der Waals surface area contributed by atoms with Crippen molar-refractivity contribution in [2.24, 2.45) is 23.7 Å². The highest BCUT2D eigenvalue weighted by Crippen LogP contribution is 2.56. The van der Waals surface area contributed by atoms with Gasteiger partial charge in [0.1, 0.15) is 6.04 Å². The van der Waals surface area contributed by atoms with Gasteiger partial charge in [-0.25, -0.2) is 8.78 Å². The number of benzene rings is 2. The van der Waals surface area contributed by atoms with Crippen LogP contribution in [0, 0.1) is 23.7 Å². The van der Waals surface area contributed by atoms with Crippen molar-refractivity contribution in [2.45, 2.75) is 95.1 Å². The Morgan fingerprint density at radius 1 is 0.804 bits per heavy atom. The highest BCUT2D eigenvalue weighted by atomic mass is 19.3. The summed E-state index contributed by atoms with van der Waals surface area (Å²) in [6.07, 6.45) is 11.8. The number of alkyl halides is 2. The summed E-state index contributed by atoms with van der Waals surface area (Å²) in [6, 6.07) is 14.2. The summed E-state index contributed by atoms with van der Waals surface area (Å²) >= 11 is 0.